The molecular weight excluding hydrogens is 182 g/mol. The second-order valence-electron chi connectivity index (χ2n) is 4.08. The van der Waals surface area contributed by atoms with E-state index in [2.05, 4.69) is 5.32 Å². The van der Waals surface area contributed by atoms with Gasteiger partial charge in [-0.25, -0.2) is 0 Å². The van der Waals surface area contributed by atoms with Crippen LogP contribution >= 0.6 is 0 Å². The van der Waals surface area contributed by atoms with Gasteiger partial charge in [-0.3, -0.25) is 4.79 Å². The van der Waals surface area contributed by atoms with E-state index in [1.807, 2.05) is 0 Å². The lowest BCUT2D eigenvalue weighted by atomic mass is 9.85. The van der Waals surface area contributed by atoms with E-state index in [4.69, 9.17) is 9.47 Å². The molecule has 1 heterocycles. The van der Waals surface area contributed by atoms with Crippen LogP contribution in [0.1, 0.15) is 25.7 Å². The molecule has 0 bridgehead atoms. The first-order valence-electron chi connectivity index (χ1n) is 5.30. The number of hydrogen-bond donors (Lipinski definition) is 1. The van der Waals surface area contributed by atoms with Gasteiger partial charge in [0.2, 0.25) is 6.41 Å². The number of rotatable bonds is 3. The van der Waals surface area contributed by atoms with Crippen molar-refractivity contribution in [2.45, 2.75) is 31.5 Å². The third-order valence-corrected chi connectivity index (χ3v) is 3.17. The molecule has 4 heteroatoms. The van der Waals surface area contributed by atoms with Crippen LogP contribution < -0.4 is 5.32 Å². The van der Waals surface area contributed by atoms with Gasteiger partial charge >= 0.3 is 0 Å². The number of amides is 1. The SMILES string of the molecule is O=CNCC1CCC2(CC1)OCCO2. The topological polar surface area (TPSA) is 47.6 Å². The Morgan fingerprint density at radius 1 is 1.29 bits per heavy atom. The first-order chi connectivity index (χ1) is 6.85. The molecular formula is C10H17NO3. The fraction of sp³-hybridized carbons (Fsp3) is 0.900. The molecule has 1 amide bonds. The summed E-state index contributed by atoms with van der Waals surface area (Å²) in [5.74, 6) is 0.330. The first kappa shape index (κ1) is 9.93. The summed E-state index contributed by atoms with van der Waals surface area (Å²) in [7, 11) is 0. The highest BCUT2D eigenvalue weighted by molar-refractivity contribution is 5.45. The van der Waals surface area contributed by atoms with Gasteiger partial charge < -0.3 is 14.8 Å². The number of carbonyl (C=O) groups excluding carboxylic acids is 1. The highest BCUT2D eigenvalue weighted by Crippen LogP contribution is 2.37. The summed E-state index contributed by atoms with van der Waals surface area (Å²) in [6, 6.07) is 0. The van der Waals surface area contributed by atoms with E-state index in [0.29, 0.717) is 5.92 Å². The average Bonchev–Trinajstić information content (AvgIpc) is 2.66. The number of ether oxygens (including phenoxy) is 2. The highest BCUT2D eigenvalue weighted by atomic mass is 16.7. The largest absolute Gasteiger partial charge is 0.358 e. The van der Waals surface area contributed by atoms with Gasteiger partial charge in [0.1, 0.15) is 0 Å². The molecule has 2 fully saturated rings. The van der Waals surface area contributed by atoms with Gasteiger partial charge in [0, 0.05) is 19.4 Å². The first-order valence-corrected chi connectivity index (χ1v) is 5.30. The zero-order chi connectivity index (χ0) is 9.86. The fourth-order valence-electron chi connectivity index (χ4n) is 2.32. The number of nitrogens with one attached hydrogen (secondary N) is 1. The summed E-state index contributed by atoms with van der Waals surface area (Å²) in [4.78, 5) is 10.1. The summed E-state index contributed by atoms with van der Waals surface area (Å²) >= 11 is 0. The van der Waals surface area contributed by atoms with Crippen LogP contribution in [-0.4, -0.2) is 32.0 Å². The van der Waals surface area contributed by atoms with Crippen molar-refractivity contribution in [3.8, 4) is 0 Å². The molecule has 1 aliphatic carbocycles. The van der Waals surface area contributed by atoms with Crippen molar-refractivity contribution in [3.05, 3.63) is 0 Å². The van der Waals surface area contributed by atoms with Crippen molar-refractivity contribution in [1.29, 1.82) is 0 Å². The minimum atomic E-state index is -0.266. The monoisotopic (exact) mass is 199 g/mol. The summed E-state index contributed by atoms with van der Waals surface area (Å²) < 4.78 is 11.2. The summed E-state index contributed by atoms with van der Waals surface area (Å²) in [5, 5.41) is 2.73. The van der Waals surface area contributed by atoms with Crippen molar-refractivity contribution in [2.24, 2.45) is 5.92 Å². The van der Waals surface area contributed by atoms with Crippen LogP contribution in [0.3, 0.4) is 0 Å². The molecule has 0 aromatic carbocycles. The molecule has 0 unspecified atom stereocenters. The number of carbonyl (C=O) groups is 1. The Hall–Kier alpha value is -0.610. The zero-order valence-corrected chi connectivity index (χ0v) is 8.33. The van der Waals surface area contributed by atoms with Crippen molar-refractivity contribution in [2.75, 3.05) is 19.8 Å². The smallest absolute Gasteiger partial charge is 0.207 e. The molecule has 0 aromatic rings. The van der Waals surface area contributed by atoms with E-state index < -0.39 is 0 Å². The van der Waals surface area contributed by atoms with E-state index in [0.717, 1.165) is 51.9 Å². The predicted molar refractivity (Wildman–Crippen MR) is 50.7 cm³/mol. The van der Waals surface area contributed by atoms with Gasteiger partial charge in [-0.2, -0.15) is 0 Å². The molecule has 1 aliphatic heterocycles. The molecule has 0 aromatic heterocycles. The van der Waals surface area contributed by atoms with Crippen LogP contribution in [0.25, 0.3) is 0 Å². The van der Waals surface area contributed by atoms with E-state index >= 15 is 0 Å². The van der Waals surface area contributed by atoms with Crippen molar-refractivity contribution < 1.29 is 14.3 Å². The Bertz CT molecular complexity index is 192. The molecule has 0 atom stereocenters. The van der Waals surface area contributed by atoms with E-state index in [9.17, 15) is 4.79 Å². The fourth-order valence-corrected chi connectivity index (χ4v) is 2.32. The van der Waals surface area contributed by atoms with Crippen LogP contribution in [0, 0.1) is 5.92 Å². The summed E-state index contributed by atoms with van der Waals surface area (Å²) in [6.45, 7) is 2.26. The van der Waals surface area contributed by atoms with Gasteiger partial charge in [-0.15, -0.1) is 0 Å². The predicted octanol–water partition coefficient (Wildman–Crippen LogP) is 0.666. The van der Waals surface area contributed by atoms with Crippen LogP contribution in [0.4, 0.5) is 0 Å². The Kier molecular flexibility index (Phi) is 3.03. The maximum Gasteiger partial charge on any atom is 0.207 e. The third-order valence-electron chi connectivity index (χ3n) is 3.17. The van der Waals surface area contributed by atoms with Crippen molar-refractivity contribution in [3.63, 3.8) is 0 Å². The summed E-state index contributed by atoms with van der Waals surface area (Å²) in [6.07, 6.45) is 4.88. The molecule has 1 N–H and O–H groups in total. The van der Waals surface area contributed by atoms with Crippen LogP contribution in [-0.2, 0) is 14.3 Å². The quantitative estimate of drug-likeness (QED) is 0.679. The molecule has 1 spiro atoms. The minimum absolute atomic E-state index is 0.266. The average molecular weight is 199 g/mol. The van der Waals surface area contributed by atoms with E-state index in [-0.39, 0.29) is 5.79 Å². The Balaban J connectivity index is 1.76. The third kappa shape index (κ3) is 2.07. The normalized spacial score (nSPS) is 26.6. The second-order valence-corrected chi connectivity index (χ2v) is 4.08. The minimum Gasteiger partial charge on any atom is -0.358 e. The van der Waals surface area contributed by atoms with Gasteiger partial charge in [-0.1, -0.05) is 0 Å². The molecule has 80 valence electrons. The number of hydrogen-bond acceptors (Lipinski definition) is 3. The van der Waals surface area contributed by atoms with Crippen molar-refractivity contribution >= 4 is 6.41 Å². The van der Waals surface area contributed by atoms with E-state index in [1.165, 1.54) is 0 Å². The Labute approximate surface area is 84.0 Å². The van der Waals surface area contributed by atoms with Crippen molar-refractivity contribution in [1.82, 2.24) is 5.32 Å². The second kappa shape index (κ2) is 4.28. The highest BCUT2D eigenvalue weighted by Gasteiger charge is 2.39. The maximum atomic E-state index is 10.1. The van der Waals surface area contributed by atoms with E-state index in [1.54, 1.807) is 0 Å². The Morgan fingerprint density at radius 3 is 2.50 bits per heavy atom. The van der Waals surface area contributed by atoms with Crippen LogP contribution in [0.15, 0.2) is 0 Å². The standard InChI is InChI=1S/C10H17NO3/c12-8-11-7-9-1-3-10(4-2-9)13-5-6-14-10/h8-9H,1-7H2,(H,11,12). The Morgan fingerprint density at radius 2 is 1.93 bits per heavy atom. The van der Waals surface area contributed by atoms with Gasteiger partial charge in [0.05, 0.1) is 13.2 Å². The summed E-state index contributed by atoms with van der Waals surface area (Å²) in [5.41, 5.74) is 0. The molecule has 2 rings (SSSR count). The van der Waals surface area contributed by atoms with Crippen LogP contribution in [0.2, 0.25) is 0 Å². The molecule has 4 nitrogen and oxygen atoms in total. The maximum absolute atomic E-state index is 10.1. The zero-order valence-electron chi connectivity index (χ0n) is 8.33. The molecule has 14 heavy (non-hydrogen) atoms. The van der Waals surface area contributed by atoms with Gasteiger partial charge in [-0.05, 0) is 18.8 Å². The van der Waals surface area contributed by atoms with Gasteiger partial charge in [0.15, 0.2) is 5.79 Å². The molecule has 1 saturated carbocycles. The molecule has 2 aliphatic rings. The van der Waals surface area contributed by atoms with Crippen LogP contribution in [0.5, 0.6) is 0 Å². The molecule has 1 saturated heterocycles. The van der Waals surface area contributed by atoms with Gasteiger partial charge in [0.25, 0.3) is 0 Å². The molecule has 0 radical (unpaired) electrons. The lowest BCUT2D eigenvalue weighted by Gasteiger charge is -2.35. The lowest BCUT2D eigenvalue weighted by molar-refractivity contribution is -0.182. The lowest BCUT2D eigenvalue weighted by Crippen LogP contribution is -2.37.